The van der Waals surface area contributed by atoms with Crippen molar-refractivity contribution in [1.29, 1.82) is 5.26 Å². The van der Waals surface area contributed by atoms with Crippen LogP contribution in [0.5, 0.6) is 0 Å². The lowest BCUT2D eigenvalue weighted by Gasteiger charge is -2.18. The molecule has 0 spiro atoms. The monoisotopic (exact) mass is 288 g/mol. The fourth-order valence-corrected chi connectivity index (χ4v) is 2.28. The highest BCUT2D eigenvalue weighted by Crippen LogP contribution is 2.29. The molecule has 1 fully saturated rings. The Kier molecular flexibility index (Phi) is 3.89. The Bertz CT molecular complexity index is 662. The fraction of sp³-hybridized carbons (Fsp3) is 0.286. The van der Waals surface area contributed by atoms with E-state index in [2.05, 4.69) is 4.74 Å². The van der Waals surface area contributed by atoms with E-state index in [9.17, 15) is 19.5 Å². The largest absolute Gasteiger partial charge is 0.478 e. The highest BCUT2D eigenvalue weighted by molar-refractivity contribution is 6.05. The first-order valence-corrected chi connectivity index (χ1v) is 6.13. The number of carboxylic acid groups (broad SMARTS) is 1. The molecule has 0 saturated carbocycles. The minimum absolute atomic E-state index is 0.0221. The summed E-state index contributed by atoms with van der Waals surface area (Å²) in [6, 6.07) is 5.88. The number of carbonyl (C=O) groups is 3. The van der Waals surface area contributed by atoms with Gasteiger partial charge in [-0.15, -0.1) is 0 Å². The fourth-order valence-electron chi connectivity index (χ4n) is 2.28. The summed E-state index contributed by atoms with van der Waals surface area (Å²) >= 11 is 0. The number of rotatable bonds is 3. The number of carbonyl (C=O) groups excluding carboxylic acids is 2. The molecule has 1 heterocycles. The quantitative estimate of drug-likeness (QED) is 0.823. The van der Waals surface area contributed by atoms with E-state index < -0.39 is 17.9 Å². The Morgan fingerprint density at radius 2 is 2.19 bits per heavy atom. The molecule has 1 aromatic carbocycles. The molecule has 0 aromatic heterocycles. The van der Waals surface area contributed by atoms with Crippen molar-refractivity contribution in [2.45, 2.75) is 6.42 Å². The third-order valence-corrected chi connectivity index (χ3v) is 3.31. The van der Waals surface area contributed by atoms with Crippen molar-refractivity contribution in [2.75, 3.05) is 18.6 Å². The number of amides is 1. The first kappa shape index (κ1) is 14.5. The van der Waals surface area contributed by atoms with Crippen molar-refractivity contribution in [3.63, 3.8) is 0 Å². The van der Waals surface area contributed by atoms with Gasteiger partial charge in [-0.1, -0.05) is 0 Å². The van der Waals surface area contributed by atoms with Crippen LogP contribution in [0.15, 0.2) is 18.2 Å². The maximum Gasteiger partial charge on any atom is 0.337 e. The molecule has 1 unspecified atom stereocenters. The molecule has 2 rings (SSSR count). The average molecular weight is 288 g/mol. The summed E-state index contributed by atoms with van der Waals surface area (Å²) in [5.41, 5.74) is 0.220. The van der Waals surface area contributed by atoms with Gasteiger partial charge in [0.1, 0.15) is 0 Å². The number of esters is 1. The van der Waals surface area contributed by atoms with Crippen LogP contribution in [0, 0.1) is 17.2 Å². The van der Waals surface area contributed by atoms with Crippen LogP contribution >= 0.6 is 0 Å². The number of hydrogen-bond acceptors (Lipinski definition) is 5. The van der Waals surface area contributed by atoms with E-state index in [4.69, 9.17) is 5.26 Å². The van der Waals surface area contributed by atoms with Gasteiger partial charge in [-0.3, -0.25) is 9.59 Å². The average Bonchev–Trinajstić information content (AvgIpc) is 2.87. The summed E-state index contributed by atoms with van der Waals surface area (Å²) in [7, 11) is 1.24. The molecule has 1 N–H and O–H groups in total. The normalized spacial score (nSPS) is 17.4. The van der Waals surface area contributed by atoms with Crippen LogP contribution in [0.25, 0.3) is 0 Å². The Balaban J connectivity index is 2.39. The van der Waals surface area contributed by atoms with E-state index in [0.29, 0.717) is 0 Å². The van der Waals surface area contributed by atoms with Crippen LogP contribution < -0.4 is 4.90 Å². The molecule has 1 atom stereocenters. The third kappa shape index (κ3) is 2.69. The second kappa shape index (κ2) is 5.63. The van der Waals surface area contributed by atoms with Crippen molar-refractivity contribution >= 4 is 23.5 Å². The molecule has 1 aliphatic rings. The smallest absolute Gasteiger partial charge is 0.337 e. The minimum Gasteiger partial charge on any atom is -0.478 e. The lowest BCUT2D eigenvalue weighted by Crippen LogP contribution is -2.27. The maximum atomic E-state index is 12.0. The second-order valence-electron chi connectivity index (χ2n) is 4.58. The molecule has 7 heteroatoms. The summed E-state index contributed by atoms with van der Waals surface area (Å²) in [4.78, 5) is 36.0. The van der Waals surface area contributed by atoms with Gasteiger partial charge >= 0.3 is 11.9 Å². The zero-order chi connectivity index (χ0) is 15.6. The van der Waals surface area contributed by atoms with E-state index in [1.807, 2.05) is 6.07 Å². The lowest BCUT2D eigenvalue weighted by atomic mass is 10.1. The van der Waals surface area contributed by atoms with Gasteiger partial charge in [-0.05, 0) is 18.2 Å². The van der Waals surface area contributed by atoms with Gasteiger partial charge < -0.3 is 14.7 Å². The number of anilines is 1. The zero-order valence-electron chi connectivity index (χ0n) is 11.2. The molecule has 21 heavy (non-hydrogen) atoms. The number of benzene rings is 1. The van der Waals surface area contributed by atoms with Crippen LogP contribution in [-0.4, -0.2) is 36.6 Å². The number of nitriles is 1. The van der Waals surface area contributed by atoms with E-state index >= 15 is 0 Å². The van der Waals surface area contributed by atoms with Gasteiger partial charge in [-0.2, -0.15) is 5.26 Å². The van der Waals surface area contributed by atoms with E-state index in [0.717, 1.165) is 0 Å². The minimum atomic E-state index is -1.24. The summed E-state index contributed by atoms with van der Waals surface area (Å²) in [6.45, 7) is 0.0671. The van der Waals surface area contributed by atoms with Gasteiger partial charge in [0.05, 0.1) is 35.9 Å². The SMILES string of the molecule is COC(=O)C1CC(=O)N(c2ccc(C#N)cc2C(=O)O)C1. The molecule has 108 valence electrons. The first-order valence-electron chi connectivity index (χ1n) is 6.13. The Morgan fingerprint density at radius 3 is 2.76 bits per heavy atom. The number of nitrogens with zero attached hydrogens (tertiary/aromatic N) is 2. The molecule has 1 aromatic rings. The third-order valence-electron chi connectivity index (χ3n) is 3.31. The molecular formula is C14H12N2O5. The summed E-state index contributed by atoms with van der Waals surface area (Å²) in [5, 5.41) is 18.0. The van der Waals surface area contributed by atoms with Crippen molar-refractivity contribution in [3.8, 4) is 6.07 Å². The number of ether oxygens (including phenoxy) is 1. The van der Waals surface area contributed by atoms with E-state index in [1.54, 1.807) is 0 Å². The van der Waals surface area contributed by atoms with Crippen LogP contribution in [0.2, 0.25) is 0 Å². The van der Waals surface area contributed by atoms with Crippen molar-refractivity contribution < 1.29 is 24.2 Å². The Hall–Kier alpha value is -2.88. The Labute approximate surface area is 120 Å². The Morgan fingerprint density at radius 1 is 1.48 bits per heavy atom. The standard InChI is InChI=1S/C14H12N2O5/c1-21-14(20)9-5-12(17)16(7-9)11-3-2-8(6-15)4-10(11)13(18)19/h2-4,9H,5,7H2,1H3,(H,18,19). The molecule has 1 saturated heterocycles. The highest BCUT2D eigenvalue weighted by Gasteiger charge is 2.37. The zero-order valence-corrected chi connectivity index (χ0v) is 11.2. The number of aromatic carboxylic acids is 1. The van der Waals surface area contributed by atoms with Gasteiger partial charge in [0.2, 0.25) is 5.91 Å². The summed E-state index contributed by atoms with van der Waals surface area (Å²) in [5.74, 6) is -2.70. The van der Waals surface area contributed by atoms with Crippen molar-refractivity contribution in [3.05, 3.63) is 29.3 Å². The molecule has 0 radical (unpaired) electrons. The first-order chi connectivity index (χ1) is 9.97. The highest BCUT2D eigenvalue weighted by atomic mass is 16.5. The molecule has 1 amide bonds. The predicted molar refractivity (Wildman–Crippen MR) is 70.6 cm³/mol. The van der Waals surface area contributed by atoms with Gasteiger partial charge in [0.15, 0.2) is 0 Å². The molecule has 1 aliphatic heterocycles. The predicted octanol–water partition coefficient (Wildman–Crippen LogP) is 0.782. The molecular weight excluding hydrogens is 276 g/mol. The van der Waals surface area contributed by atoms with Gasteiger partial charge in [0.25, 0.3) is 0 Å². The number of carboxylic acids is 1. The van der Waals surface area contributed by atoms with Crippen LogP contribution in [0.3, 0.4) is 0 Å². The lowest BCUT2D eigenvalue weighted by molar-refractivity contribution is -0.145. The second-order valence-corrected chi connectivity index (χ2v) is 4.58. The molecule has 0 bridgehead atoms. The van der Waals surface area contributed by atoms with Gasteiger partial charge in [0, 0.05) is 13.0 Å². The summed E-state index contributed by atoms with van der Waals surface area (Å²) < 4.78 is 4.60. The number of methoxy groups -OCH3 is 1. The molecule has 7 nitrogen and oxygen atoms in total. The van der Waals surface area contributed by atoms with Gasteiger partial charge in [-0.25, -0.2) is 4.79 Å². The topological polar surface area (TPSA) is 108 Å². The summed E-state index contributed by atoms with van der Waals surface area (Å²) in [6.07, 6.45) is -0.0221. The maximum absolute atomic E-state index is 12.0. The van der Waals surface area contributed by atoms with E-state index in [-0.39, 0.29) is 35.7 Å². The molecule has 0 aliphatic carbocycles. The van der Waals surface area contributed by atoms with Crippen LogP contribution in [-0.2, 0) is 14.3 Å². The number of hydrogen-bond donors (Lipinski definition) is 1. The van der Waals surface area contributed by atoms with Crippen LogP contribution in [0.1, 0.15) is 22.3 Å². The van der Waals surface area contributed by atoms with E-state index in [1.165, 1.54) is 30.2 Å². The van der Waals surface area contributed by atoms with Crippen molar-refractivity contribution in [1.82, 2.24) is 0 Å². The van der Waals surface area contributed by atoms with Crippen LogP contribution in [0.4, 0.5) is 5.69 Å². The van der Waals surface area contributed by atoms with Crippen molar-refractivity contribution in [2.24, 2.45) is 5.92 Å².